The van der Waals surface area contributed by atoms with Crippen molar-refractivity contribution in [3.05, 3.63) is 17.7 Å². The Labute approximate surface area is 95.8 Å². The van der Waals surface area contributed by atoms with Crippen LogP contribution in [-0.4, -0.2) is 59.5 Å². The summed E-state index contributed by atoms with van der Waals surface area (Å²) in [4.78, 5) is 13.0. The highest BCUT2D eigenvalue weighted by Gasteiger charge is 2.34. The molecular formula is C11H19N5. The molecule has 0 aromatic carbocycles. The van der Waals surface area contributed by atoms with Crippen LogP contribution < -0.4 is 5.32 Å². The van der Waals surface area contributed by atoms with E-state index in [1.807, 2.05) is 13.2 Å². The van der Waals surface area contributed by atoms with Gasteiger partial charge in [0.1, 0.15) is 5.82 Å². The number of nitrogens with zero attached hydrogens (tertiary/aromatic N) is 3. The number of fused-ring (bicyclic) bond motifs is 3. The Kier molecular flexibility index (Phi) is 2.67. The molecule has 0 spiro atoms. The van der Waals surface area contributed by atoms with Crippen molar-refractivity contribution in [2.75, 3.05) is 39.8 Å². The minimum absolute atomic E-state index is 0.480. The van der Waals surface area contributed by atoms with Crippen molar-refractivity contribution in [1.29, 1.82) is 0 Å². The molecule has 0 radical (unpaired) electrons. The standard InChI is InChI=1S/C11H19N5/c1-12-6-9-7-13-11(14-9)10-8-15-2-4-16(10)5-3-15/h7,10,12H,2-6,8H2,1H3,(H,13,14). The Balaban J connectivity index is 1.76. The minimum Gasteiger partial charge on any atom is -0.343 e. The zero-order valence-electron chi connectivity index (χ0n) is 9.74. The molecule has 1 unspecified atom stereocenters. The normalized spacial score (nSPS) is 33.2. The van der Waals surface area contributed by atoms with E-state index < -0.39 is 0 Å². The average molecular weight is 221 g/mol. The molecule has 0 amide bonds. The van der Waals surface area contributed by atoms with E-state index in [1.165, 1.54) is 31.9 Å². The number of aromatic amines is 1. The van der Waals surface area contributed by atoms with Gasteiger partial charge >= 0.3 is 0 Å². The van der Waals surface area contributed by atoms with Crippen LogP contribution in [0.2, 0.25) is 0 Å². The third-order valence-electron chi connectivity index (χ3n) is 3.61. The second-order valence-electron chi connectivity index (χ2n) is 4.68. The van der Waals surface area contributed by atoms with Gasteiger partial charge in [0.05, 0.1) is 6.04 Å². The predicted octanol–water partition coefficient (Wildman–Crippen LogP) is -0.199. The fourth-order valence-electron chi connectivity index (χ4n) is 2.70. The first-order valence-electron chi connectivity index (χ1n) is 6.01. The zero-order chi connectivity index (χ0) is 11.0. The van der Waals surface area contributed by atoms with Gasteiger partial charge in [0, 0.05) is 51.2 Å². The lowest BCUT2D eigenvalue weighted by molar-refractivity contribution is 0.00895. The molecule has 2 N–H and O–H groups in total. The Bertz CT molecular complexity index is 353. The van der Waals surface area contributed by atoms with Gasteiger partial charge in [0.15, 0.2) is 0 Å². The number of nitrogens with one attached hydrogen (secondary N) is 2. The van der Waals surface area contributed by atoms with Crippen LogP contribution in [0.25, 0.3) is 0 Å². The topological polar surface area (TPSA) is 47.2 Å². The summed E-state index contributed by atoms with van der Waals surface area (Å²) in [6, 6.07) is 0.480. The first-order valence-corrected chi connectivity index (χ1v) is 6.01. The van der Waals surface area contributed by atoms with E-state index in [0.29, 0.717) is 6.04 Å². The monoisotopic (exact) mass is 221 g/mol. The smallest absolute Gasteiger partial charge is 0.125 e. The molecule has 5 heteroatoms. The highest BCUT2D eigenvalue weighted by atomic mass is 15.4. The van der Waals surface area contributed by atoms with E-state index >= 15 is 0 Å². The van der Waals surface area contributed by atoms with Crippen LogP contribution in [0.15, 0.2) is 6.20 Å². The number of hydrogen-bond acceptors (Lipinski definition) is 4. The first kappa shape index (κ1) is 10.3. The summed E-state index contributed by atoms with van der Waals surface area (Å²) < 4.78 is 0. The summed E-state index contributed by atoms with van der Waals surface area (Å²) in [6.07, 6.45) is 1.95. The van der Waals surface area contributed by atoms with Gasteiger partial charge in [-0.2, -0.15) is 0 Å². The third kappa shape index (κ3) is 1.75. The molecule has 5 nitrogen and oxygen atoms in total. The molecule has 88 valence electrons. The first-order chi connectivity index (χ1) is 7.86. The Morgan fingerprint density at radius 3 is 2.88 bits per heavy atom. The largest absolute Gasteiger partial charge is 0.343 e. The van der Waals surface area contributed by atoms with Crippen LogP contribution >= 0.6 is 0 Å². The molecule has 1 atom stereocenters. The van der Waals surface area contributed by atoms with Gasteiger partial charge in [-0.3, -0.25) is 9.80 Å². The number of aromatic nitrogens is 2. The molecule has 1 aromatic rings. The molecule has 3 fully saturated rings. The fourth-order valence-corrected chi connectivity index (χ4v) is 2.70. The highest BCUT2D eigenvalue weighted by Crippen LogP contribution is 2.26. The van der Waals surface area contributed by atoms with Gasteiger partial charge in [-0.15, -0.1) is 0 Å². The zero-order valence-corrected chi connectivity index (χ0v) is 9.74. The third-order valence-corrected chi connectivity index (χ3v) is 3.61. The Morgan fingerprint density at radius 1 is 1.44 bits per heavy atom. The lowest BCUT2D eigenvalue weighted by Gasteiger charge is -2.46. The van der Waals surface area contributed by atoms with Crippen molar-refractivity contribution in [1.82, 2.24) is 25.1 Å². The van der Waals surface area contributed by atoms with E-state index in [1.54, 1.807) is 0 Å². The quantitative estimate of drug-likeness (QED) is 0.742. The van der Waals surface area contributed by atoms with E-state index in [0.717, 1.165) is 18.9 Å². The molecule has 0 saturated carbocycles. The molecule has 16 heavy (non-hydrogen) atoms. The fraction of sp³-hybridized carbons (Fsp3) is 0.727. The summed E-state index contributed by atoms with van der Waals surface area (Å²) >= 11 is 0. The van der Waals surface area contributed by atoms with Gasteiger partial charge in [-0.05, 0) is 7.05 Å². The van der Waals surface area contributed by atoms with Gasteiger partial charge in [0.25, 0.3) is 0 Å². The number of H-pyrrole nitrogens is 1. The molecule has 4 rings (SSSR count). The van der Waals surface area contributed by atoms with Crippen molar-refractivity contribution >= 4 is 0 Å². The maximum absolute atomic E-state index is 4.51. The van der Waals surface area contributed by atoms with E-state index in [9.17, 15) is 0 Å². The summed E-state index contributed by atoms with van der Waals surface area (Å²) in [6.45, 7) is 6.82. The molecule has 2 bridgehead atoms. The molecular weight excluding hydrogens is 202 g/mol. The maximum Gasteiger partial charge on any atom is 0.125 e. The molecule has 3 aliphatic rings. The van der Waals surface area contributed by atoms with Gasteiger partial charge in [-0.1, -0.05) is 0 Å². The summed E-state index contributed by atoms with van der Waals surface area (Å²) in [5, 5.41) is 3.14. The molecule has 3 aliphatic heterocycles. The van der Waals surface area contributed by atoms with Crippen LogP contribution in [-0.2, 0) is 6.54 Å². The van der Waals surface area contributed by atoms with Crippen molar-refractivity contribution in [2.45, 2.75) is 12.6 Å². The van der Waals surface area contributed by atoms with Crippen molar-refractivity contribution in [3.63, 3.8) is 0 Å². The van der Waals surface area contributed by atoms with Gasteiger partial charge in [0.2, 0.25) is 0 Å². The SMILES string of the molecule is CNCc1cnc(C2CN3CCN2CC3)[nH]1. The van der Waals surface area contributed by atoms with E-state index in [-0.39, 0.29) is 0 Å². The van der Waals surface area contributed by atoms with Crippen molar-refractivity contribution in [2.24, 2.45) is 0 Å². The number of hydrogen-bond donors (Lipinski definition) is 2. The molecule has 3 saturated heterocycles. The van der Waals surface area contributed by atoms with E-state index in [2.05, 4.69) is 25.1 Å². The average Bonchev–Trinajstić information content (AvgIpc) is 2.80. The lowest BCUT2D eigenvalue weighted by Crippen LogP contribution is -2.57. The van der Waals surface area contributed by atoms with Crippen LogP contribution in [0.5, 0.6) is 0 Å². The van der Waals surface area contributed by atoms with Crippen LogP contribution in [0.4, 0.5) is 0 Å². The van der Waals surface area contributed by atoms with E-state index in [4.69, 9.17) is 0 Å². The molecule has 0 aliphatic carbocycles. The predicted molar refractivity (Wildman–Crippen MR) is 62.1 cm³/mol. The molecule has 4 heterocycles. The minimum atomic E-state index is 0.480. The highest BCUT2D eigenvalue weighted by molar-refractivity contribution is 5.08. The molecule has 1 aromatic heterocycles. The Hall–Kier alpha value is -0.910. The number of rotatable bonds is 3. The van der Waals surface area contributed by atoms with Crippen LogP contribution in [0, 0.1) is 0 Å². The van der Waals surface area contributed by atoms with Crippen LogP contribution in [0.3, 0.4) is 0 Å². The van der Waals surface area contributed by atoms with Crippen molar-refractivity contribution in [3.8, 4) is 0 Å². The maximum atomic E-state index is 4.51. The summed E-state index contributed by atoms with van der Waals surface area (Å²) in [7, 11) is 1.96. The van der Waals surface area contributed by atoms with Gasteiger partial charge < -0.3 is 10.3 Å². The second-order valence-corrected chi connectivity index (χ2v) is 4.68. The summed E-state index contributed by atoms with van der Waals surface area (Å²) in [5.74, 6) is 1.13. The number of piperazine rings is 3. The lowest BCUT2D eigenvalue weighted by atomic mass is 10.1. The number of imidazole rings is 1. The Morgan fingerprint density at radius 2 is 2.25 bits per heavy atom. The summed E-state index contributed by atoms with van der Waals surface area (Å²) in [5.41, 5.74) is 1.18. The van der Waals surface area contributed by atoms with Crippen LogP contribution in [0.1, 0.15) is 17.6 Å². The van der Waals surface area contributed by atoms with Crippen molar-refractivity contribution < 1.29 is 0 Å². The second kappa shape index (κ2) is 4.16. The van der Waals surface area contributed by atoms with Gasteiger partial charge in [-0.25, -0.2) is 4.98 Å².